The van der Waals surface area contributed by atoms with Crippen molar-refractivity contribution in [2.24, 2.45) is 5.92 Å². The van der Waals surface area contributed by atoms with E-state index in [1.165, 1.54) is 0 Å². The predicted octanol–water partition coefficient (Wildman–Crippen LogP) is 4.93. The van der Waals surface area contributed by atoms with Gasteiger partial charge in [-0.05, 0) is 47.1 Å². The summed E-state index contributed by atoms with van der Waals surface area (Å²) in [5, 5.41) is 15.7. The Morgan fingerprint density at radius 2 is 1.52 bits per heavy atom. The number of rotatable bonds is 8. The first-order valence-corrected chi connectivity index (χ1v) is 14.9. The molecule has 6 rings (SSSR count). The van der Waals surface area contributed by atoms with Gasteiger partial charge in [-0.2, -0.15) is 0 Å². The van der Waals surface area contributed by atoms with Crippen molar-refractivity contribution in [2.75, 3.05) is 19.7 Å². The lowest BCUT2D eigenvalue weighted by molar-refractivity contribution is -0.144. The Kier molecular flexibility index (Phi) is 7.98. The summed E-state index contributed by atoms with van der Waals surface area (Å²) in [5.74, 6) is -1.96. The number of benzene rings is 3. The van der Waals surface area contributed by atoms with Crippen molar-refractivity contribution >= 4 is 18.0 Å². The van der Waals surface area contributed by atoms with Gasteiger partial charge in [0.1, 0.15) is 12.1 Å². The number of carbonyl (C=O) groups is 3. The summed E-state index contributed by atoms with van der Waals surface area (Å²) >= 11 is 0. The molecule has 2 fully saturated rings. The lowest BCUT2D eigenvalue weighted by Crippen LogP contribution is -2.63. The smallest absolute Gasteiger partial charge is 0.408 e. The second kappa shape index (κ2) is 12.0. The third kappa shape index (κ3) is 5.63. The zero-order valence-corrected chi connectivity index (χ0v) is 23.6. The second-order valence-electron chi connectivity index (χ2n) is 11.8. The number of alkyl carbamates (subject to hydrolysis) is 1. The quantitative estimate of drug-likeness (QED) is 0.356. The van der Waals surface area contributed by atoms with Crippen LogP contribution in [0.25, 0.3) is 11.1 Å². The van der Waals surface area contributed by atoms with Gasteiger partial charge in [0.15, 0.2) is 0 Å². The molecule has 1 heterocycles. The van der Waals surface area contributed by atoms with Crippen molar-refractivity contribution in [3.05, 3.63) is 95.6 Å². The molecule has 1 saturated heterocycles. The number of ether oxygens (including phenoxy) is 1. The molecule has 1 saturated carbocycles. The molecule has 0 bridgehead atoms. The van der Waals surface area contributed by atoms with Gasteiger partial charge in [0, 0.05) is 31.6 Å². The first-order valence-electron chi connectivity index (χ1n) is 14.9. The summed E-state index contributed by atoms with van der Waals surface area (Å²) in [5.41, 5.74) is 4.42. The Hall–Kier alpha value is -4.17. The molecule has 3 aliphatic rings. The van der Waals surface area contributed by atoms with E-state index in [0.717, 1.165) is 40.7 Å². The van der Waals surface area contributed by atoms with Crippen LogP contribution in [0, 0.1) is 5.92 Å². The lowest BCUT2D eigenvalue weighted by atomic mass is 9.83. The number of aliphatic carboxylic acids is 1. The first kappa shape index (κ1) is 28.0. The molecule has 3 aromatic rings. The third-order valence-electron chi connectivity index (χ3n) is 9.12. The van der Waals surface area contributed by atoms with E-state index >= 15 is 0 Å². The van der Waals surface area contributed by atoms with Crippen LogP contribution in [0.15, 0.2) is 78.9 Å². The summed E-state index contributed by atoms with van der Waals surface area (Å²) in [7, 11) is 0. The lowest BCUT2D eigenvalue weighted by Gasteiger charge is -2.35. The standard InChI is InChI=1S/C34H37N3O5/c38-31(39)28-16-8-9-17-30(28)35-32(40)34(18-19-37(22-34)20-23-10-2-1-3-11-23)36-33(41)42-21-29-26-14-6-4-12-24(26)25-13-5-7-15-27(25)29/h1-7,10-15,28-30H,8-9,16-22H2,(H,35,40)(H,36,41)(H,38,39)/t28-,30+,34?/m1/s1. The molecule has 3 atom stereocenters. The van der Waals surface area contributed by atoms with E-state index < -0.39 is 29.6 Å². The minimum Gasteiger partial charge on any atom is -0.481 e. The summed E-state index contributed by atoms with van der Waals surface area (Å²) in [6.07, 6.45) is 2.59. The van der Waals surface area contributed by atoms with Crippen LogP contribution in [0.2, 0.25) is 0 Å². The highest BCUT2D eigenvalue weighted by Gasteiger charge is 2.48. The molecule has 2 amide bonds. The van der Waals surface area contributed by atoms with E-state index in [2.05, 4.69) is 39.8 Å². The molecular weight excluding hydrogens is 530 g/mol. The highest BCUT2D eigenvalue weighted by atomic mass is 16.5. The Balaban J connectivity index is 1.18. The fourth-order valence-corrected chi connectivity index (χ4v) is 6.95. The minimum absolute atomic E-state index is 0.0929. The van der Waals surface area contributed by atoms with Crippen molar-refractivity contribution in [2.45, 2.75) is 56.1 Å². The maximum absolute atomic E-state index is 13.9. The number of carboxylic acids is 1. The number of likely N-dealkylation sites (tertiary alicyclic amines) is 1. The van der Waals surface area contributed by atoms with Gasteiger partial charge in [-0.1, -0.05) is 91.7 Å². The van der Waals surface area contributed by atoms with Crippen LogP contribution in [0.4, 0.5) is 4.79 Å². The van der Waals surface area contributed by atoms with Gasteiger partial charge in [0.25, 0.3) is 0 Å². The molecule has 8 nitrogen and oxygen atoms in total. The van der Waals surface area contributed by atoms with E-state index in [-0.39, 0.29) is 18.4 Å². The van der Waals surface area contributed by atoms with E-state index in [9.17, 15) is 19.5 Å². The molecule has 0 spiro atoms. The number of carbonyl (C=O) groups excluding carboxylic acids is 2. The molecule has 218 valence electrons. The molecule has 1 unspecified atom stereocenters. The van der Waals surface area contributed by atoms with E-state index in [1.807, 2.05) is 54.6 Å². The number of carboxylic acid groups (broad SMARTS) is 1. The summed E-state index contributed by atoms with van der Waals surface area (Å²) < 4.78 is 5.84. The van der Waals surface area contributed by atoms with Gasteiger partial charge >= 0.3 is 12.1 Å². The molecule has 0 aromatic heterocycles. The van der Waals surface area contributed by atoms with Gasteiger partial charge in [0.05, 0.1) is 5.92 Å². The molecule has 8 heteroatoms. The monoisotopic (exact) mass is 567 g/mol. The van der Waals surface area contributed by atoms with Crippen molar-refractivity contribution in [1.29, 1.82) is 0 Å². The highest BCUT2D eigenvalue weighted by molar-refractivity contribution is 5.91. The second-order valence-corrected chi connectivity index (χ2v) is 11.8. The summed E-state index contributed by atoms with van der Waals surface area (Å²) in [6, 6.07) is 25.9. The topological polar surface area (TPSA) is 108 Å². The van der Waals surface area contributed by atoms with Crippen LogP contribution in [0.1, 0.15) is 54.7 Å². The summed E-state index contributed by atoms with van der Waals surface area (Å²) in [4.78, 5) is 41.4. The number of nitrogens with zero attached hydrogens (tertiary/aromatic N) is 1. The molecule has 1 aliphatic heterocycles. The van der Waals surface area contributed by atoms with Crippen molar-refractivity contribution in [1.82, 2.24) is 15.5 Å². The Labute approximate surface area is 246 Å². The van der Waals surface area contributed by atoms with Gasteiger partial charge in [0.2, 0.25) is 5.91 Å². The average Bonchev–Trinajstić information content (AvgIpc) is 3.56. The van der Waals surface area contributed by atoms with Gasteiger partial charge in [-0.3, -0.25) is 14.5 Å². The van der Waals surface area contributed by atoms with Crippen molar-refractivity contribution in [3.63, 3.8) is 0 Å². The Morgan fingerprint density at radius 1 is 0.881 bits per heavy atom. The fourth-order valence-electron chi connectivity index (χ4n) is 6.95. The van der Waals surface area contributed by atoms with Crippen LogP contribution in [-0.4, -0.2) is 59.3 Å². The Bertz CT molecular complexity index is 1410. The molecule has 42 heavy (non-hydrogen) atoms. The fraction of sp³-hybridized carbons (Fsp3) is 0.382. The minimum atomic E-state index is -1.22. The zero-order chi connectivity index (χ0) is 29.1. The number of nitrogens with one attached hydrogen (secondary N) is 2. The van der Waals surface area contributed by atoms with Crippen LogP contribution in [-0.2, 0) is 20.9 Å². The average molecular weight is 568 g/mol. The number of hydrogen-bond donors (Lipinski definition) is 3. The molecule has 2 aliphatic carbocycles. The first-order chi connectivity index (χ1) is 20.4. The third-order valence-corrected chi connectivity index (χ3v) is 9.12. The molecule has 0 radical (unpaired) electrons. The number of hydrogen-bond acceptors (Lipinski definition) is 5. The molecule has 3 N–H and O–H groups in total. The SMILES string of the molecule is O=C(NC1(C(=O)N[C@H]2CCCC[C@H]2C(=O)O)CCN(Cc2ccccc2)C1)OCC1c2ccccc2-c2ccccc21. The number of amides is 2. The van der Waals surface area contributed by atoms with Crippen molar-refractivity contribution in [3.8, 4) is 11.1 Å². The maximum Gasteiger partial charge on any atom is 0.408 e. The van der Waals surface area contributed by atoms with Crippen LogP contribution in [0.5, 0.6) is 0 Å². The van der Waals surface area contributed by atoms with Crippen LogP contribution < -0.4 is 10.6 Å². The number of fused-ring (bicyclic) bond motifs is 3. The largest absolute Gasteiger partial charge is 0.481 e. The van der Waals surface area contributed by atoms with Gasteiger partial charge in [-0.25, -0.2) is 4.79 Å². The highest BCUT2D eigenvalue weighted by Crippen LogP contribution is 2.44. The van der Waals surface area contributed by atoms with E-state index in [4.69, 9.17) is 4.74 Å². The van der Waals surface area contributed by atoms with Crippen molar-refractivity contribution < 1.29 is 24.2 Å². The van der Waals surface area contributed by atoms with Crippen LogP contribution in [0.3, 0.4) is 0 Å². The van der Waals surface area contributed by atoms with Gasteiger partial charge < -0.3 is 20.5 Å². The van der Waals surface area contributed by atoms with E-state index in [1.54, 1.807) is 0 Å². The molecule has 3 aromatic carbocycles. The van der Waals surface area contributed by atoms with E-state index in [0.29, 0.717) is 38.9 Å². The normalized spacial score (nSPS) is 23.5. The zero-order valence-electron chi connectivity index (χ0n) is 23.6. The van der Waals surface area contributed by atoms with Gasteiger partial charge in [-0.15, -0.1) is 0 Å². The van der Waals surface area contributed by atoms with Crippen LogP contribution >= 0.6 is 0 Å². The maximum atomic E-state index is 13.9. The molecular formula is C34H37N3O5. The summed E-state index contributed by atoms with van der Waals surface area (Å²) in [6.45, 7) is 1.71. The predicted molar refractivity (Wildman–Crippen MR) is 159 cm³/mol. The Morgan fingerprint density at radius 3 is 2.21 bits per heavy atom.